The van der Waals surface area contributed by atoms with Gasteiger partial charge in [-0.3, -0.25) is 9.59 Å². The van der Waals surface area contributed by atoms with Crippen LogP contribution in [0.2, 0.25) is 0 Å². The maximum atomic E-state index is 12.4. The number of anilines is 1. The molecule has 0 spiro atoms. The van der Waals surface area contributed by atoms with Crippen molar-refractivity contribution in [1.82, 2.24) is 5.32 Å². The number of carbonyl (C=O) groups excluding carboxylic acids is 2. The van der Waals surface area contributed by atoms with Gasteiger partial charge in [-0.2, -0.15) is 0 Å². The maximum Gasteiger partial charge on any atom is 0.265 e. The Morgan fingerprint density at radius 1 is 1.26 bits per heavy atom. The summed E-state index contributed by atoms with van der Waals surface area (Å²) in [5.74, 6) is -0.431. The molecule has 0 fully saturated rings. The highest BCUT2D eigenvalue weighted by Gasteiger charge is 2.15. The quantitative estimate of drug-likeness (QED) is 0.793. The lowest BCUT2D eigenvalue weighted by Crippen LogP contribution is -2.25. The number of rotatable bonds is 6. The molecular weight excluding hydrogens is 308 g/mol. The first-order chi connectivity index (χ1) is 11.1. The lowest BCUT2D eigenvalue weighted by molar-refractivity contribution is 0.0959. The van der Waals surface area contributed by atoms with Crippen molar-refractivity contribution in [3.63, 3.8) is 0 Å². The zero-order valence-electron chi connectivity index (χ0n) is 13.3. The molecule has 0 atom stereocenters. The molecule has 1 aromatic heterocycles. The van der Waals surface area contributed by atoms with E-state index in [9.17, 15) is 9.59 Å². The van der Waals surface area contributed by atoms with Crippen molar-refractivity contribution in [1.29, 1.82) is 0 Å². The van der Waals surface area contributed by atoms with Crippen molar-refractivity contribution < 1.29 is 9.59 Å². The smallest absolute Gasteiger partial charge is 0.265 e. The molecule has 0 radical (unpaired) electrons. The Bertz CT molecular complexity index is 734. The number of nitrogens with one attached hydrogen (secondary N) is 2. The van der Waals surface area contributed by atoms with E-state index in [1.54, 1.807) is 30.3 Å². The second-order valence-corrected chi connectivity index (χ2v) is 6.21. The highest BCUT2D eigenvalue weighted by atomic mass is 32.1. The minimum atomic E-state index is -0.239. The van der Waals surface area contributed by atoms with Crippen LogP contribution < -0.4 is 10.6 Å². The van der Waals surface area contributed by atoms with Gasteiger partial charge in [0.15, 0.2) is 0 Å². The molecule has 0 saturated heterocycles. The summed E-state index contributed by atoms with van der Waals surface area (Å²) in [5, 5.41) is 5.55. The summed E-state index contributed by atoms with van der Waals surface area (Å²) in [7, 11) is 0. The monoisotopic (exact) mass is 328 g/mol. The predicted octanol–water partition coefficient (Wildman–Crippen LogP) is 3.79. The number of amides is 2. The number of para-hydroxylation sites is 1. The van der Waals surface area contributed by atoms with Gasteiger partial charge >= 0.3 is 0 Å². The number of thiophene rings is 1. The second-order valence-electron chi connectivity index (χ2n) is 5.07. The first kappa shape index (κ1) is 17.0. The second kappa shape index (κ2) is 7.74. The van der Waals surface area contributed by atoms with Crippen LogP contribution in [-0.4, -0.2) is 18.4 Å². The van der Waals surface area contributed by atoms with Gasteiger partial charge in [-0.1, -0.05) is 25.1 Å². The summed E-state index contributed by atoms with van der Waals surface area (Å²) in [4.78, 5) is 26.4. The molecule has 2 rings (SSSR count). The molecule has 0 aliphatic rings. The third kappa shape index (κ3) is 4.07. The summed E-state index contributed by atoms with van der Waals surface area (Å²) in [5.41, 5.74) is 2.06. The lowest BCUT2D eigenvalue weighted by Gasteiger charge is -2.10. The fraction of sp³-hybridized carbons (Fsp3) is 0.222. The van der Waals surface area contributed by atoms with Crippen LogP contribution in [0, 0.1) is 6.92 Å². The van der Waals surface area contributed by atoms with Crippen molar-refractivity contribution in [2.45, 2.75) is 20.3 Å². The van der Waals surface area contributed by atoms with Gasteiger partial charge in [-0.25, -0.2) is 0 Å². The molecule has 2 N–H and O–H groups in total. The summed E-state index contributed by atoms with van der Waals surface area (Å²) in [6.45, 7) is 8.02. The maximum absolute atomic E-state index is 12.4. The van der Waals surface area contributed by atoms with E-state index in [1.807, 2.05) is 13.0 Å². The third-order valence-electron chi connectivity index (χ3n) is 3.39. The molecule has 5 heteroatoms. The molecule has 0 saturated carbocycles. The van der Waals surface area contributed by atoms with Crippen LogP contribution in [0.4, 0.5) is 5.69 Å². The Balaban J connectivity index is 2.20. The number of carbonyl (C=O) groups is 2. The fourth-order valence-corrected chi connectivity index (χ4v) is 3.23. The van der Waals surface area contributed by atoms with Gasteiger partial charge < -0.3 is 10.6 Å². The zero-order valence-corrected chi connectivity index (χ0v) is 14.1. The van der Waals surface area contributed by atoms with Crippen molar-refractivity contribution in [3.8, 4) is 0 Å². The van der Waals surface area contributed by atoms with E-state index in [4.69, 9.17) is 0 Å². The Kier molecular flexibility index (Phi) is 5.71. The summed E-state index contributed by atoms with van der Waals surface area (Å²) in [6.07, 6.45) is 2.52. The van der Waals surface area contributed by atoms with E-state index in [-0.39, 0.29) is 11.8 Å². The van der Waals surface area contributed by atoms with E-state index in [0.29, 0.717) is 22.7 Å². The van der Waals surface area contributed by atoms with Crippen molar-refractivity contribution >= 4 is 28.8 Å². The van der Waals surface area contributed by atoms with Crippen molar-refractivity contribution in [2.75, 3.05) is 11.9 Å². The molecule has 0 aliphatic heterocycles. The minimum Gasteiger partial charge on any atom is -0.349 e. The van der Waals surface area contributed by atoms with Crippen LogP contribution in [0.25, 0.3) is 0 Å². The van der Waals surface area contributed by atoms with Gasteiger partial charge in [-0.05, 0) is 37.1 Å². The van der Waals surface area contributed by atoms with Gasteiger partial charge in [0.2, 0.25) is 0 Å². The average Bonchev–Trinajstić information content (AvgIpc) is 2.94. The Morgan fingerprint density at radius 2 is 2.00 bits per heavy atom. The molecule has 2 aromatic rings. The molecule has 2 amide bonds. The minimum absolute atomic E-state index is 0.193. The number of benzene rings is 1. The van der Waals surface area contributed by atoms with Gasteiger partial charge in [0.1, 0.15) is 0 Å². The van der Waals surface area contributed by atoms with Crippen LogP contribution in [0.3, 0.4) is 0 Å². The predicted molar refractivity (Wildman–Crippen MR) is 95.4 cm³/mol. The highest BCUT2D eigenvalue weighted by molar-refractivity contribution is 7.14. The van der Waals surface area contributed by atoms with E-state index in [1.165, 1.54) is 16.2 Å². The van der Waals surface area contributed by atoms with Gasteiger partial charge in [0.05, 0.1) is 16.1 Å². The largest absolute Gasteiger partial charge is 0.349 e. The molecule has 0 unspecified atom stereocenters. The van der Waals surface area contributed by atoms with E-state index >= 15 is 0 Å². The Hall–Kier alpha value is -2.40. The molecule has 23 heavy (non-hydrogen) atoms. The lowest BCUT2D eigenvalue weighted by atomic mass is 10.1. The van der Waals surface area contributed by atoms with Crippen molar-refractivity contribution in [2.24, 2.45) is 0 Å². The van der Waals surface area contributed by atoms with Gasteiger partial charge in [-0.15, -0.1) is 17.9 Å². The normalized spacial score (nSPS) is 10.2. The van der Waals surface area contributed by atoms with E-state index in [2.05, 4.69) is 24.1 Å². The summed E-state index contributed by atoms with van der Waals surface area (Å²) in [6, 6.07) is 8.85. The Morgan fingerprint density at radius 3 is 2.65 bits per heavy atom. The van der Waals surface area contributed by atoms with Crippen LogP contribution in [0.5, 0.6) is 0 Å². The third-order valence-corrected chi connectivity index (χ3v) is 4.77. The molecule has 1 aromatic carbocycles. The Labute approximate surface area is 140 Å². The average molecular weight is 328 g/mol. The summed E-state index contributed by atoms with van der Waals surface area (Å²) >= 11 is 1.49. The topological polar surface area (TPSA) is 58.2 Å². The van der Waals surface area contributed by atoms with Gasteiger partial charge in [0, 0.05) is 11.4 Å². The zero-order chi connectivity index (χ0) is 16.8. The molecule has 120 valence electrons. The van der Waals surface area contributed by atoms with Crippen LogP contribution in [-0.2, 0) is 6.42 Å². The highest BCUT2D eigenvalue weighted by Crippen LogP contribution is 2.24. The number of aryl methyl sites for hydroxylation is 2. The molecule has 0 bridgehead atoms. The standard InChI is InChI=1S/C18H20N2O2S/c1-4-10-19-17(21)13-8-6-7-9-14(13)20-18(22)16-11-12(3)15(5-2)23-16/h4,6-9,11H,1,5,10H2,2-3H3,(H,19,21)(H,20,22). The molecular formula is C18H20N2O2S. The van der Waals surface area contributed by atoms with E-state index in [0.717, 1.165) is 12.0 Å². The van der Waals surface area contributed by atoms with Crippen LogP contribution in [0.1, 0.15) is 37.4 Å². The fourth-order valence-electron chi connectivity index (χ4n) is 2.22. The molecule has 4 nitrogen and oxygen atoms in total. The van der Waals surface area contributed by atoms with Gasteiger partial charge in [0.25, 0.3) is 11.8 Å². The van der Waals surface area contributed by atoms with Crippen molar-refractivity contribution in [3.05, 3.63) is 63.9 Å². The van der Waals surface area contributed by atoms with E-state index < -0.39 is 0 Å². The number of hydrogen-bond donors (Lipinski definition) is 2. The first-order valence-corrected chi connectivity index (χ1v) is 8.27. The summed E-state index contributed by atoms with van der Waals surface area (Å²) < 4.78 is 0. The SMILES string of the molecule is C=CCNC(=O)c1ccccc1NC(=O)c1cc(C)c(CC)s1. The molecule has 1 heterocycles. The van der Waals surface area contributed by atoms with Crippen LogP contribution in [0.15, 0.2) is 43.0 Å². The van der Waals surface area contributed by atoms with Crippen LogP contribution >= 0.6 is 11.3 Å². The molecule has 0 aliphatic carbocycles. The number of hydrogen-bond acceptors (Lipinski definition) is 3. The first-order valence-electron chi connectivity index (χ1n) is 7.45.